The molecule has 1 aromatic rings. The lowest BCUT2D eigenvalue weighted by Crippen LogP contribution is -2.44. The quantitative estimate of drug-likeness (QED) is 0.574. The van der Waals surface area contributed by atoms with Crippen LogP contribution in [0.25, 0.3) is 0 Å². The Morgan fingerprint density at radius 1 is 1.42 bits per heavy atom. The van der Waals surface area contributed by atoms with Gasteiger partial charge in [-0.25, -0.2) is 4.98 Å². The van der Waals surface area contributed by atoms with Crippen molar-refractivity contribution in [2.45, 2.75) is 52.0 Å². The van der Waals surface area contributed by atoms with Crippen LogP contribution in [0.5, 0.6) is 0 Å². The van der Waals surface area contributed by atoms with E-state index in [-0.39, 0.29) is 0 Å². The third-order valence-corrected chi connectivity index (χ3v) is 4.47. The maximum atomic E-state index is 5.76. The summed E-state index contributed by atoms with van der Waals surface area (Å²) in [5.41, 5.74) is 10.4. The lowest BCUT2D eigenvalue weighted by Gasteiger charge is -2.37. The molecular weight excluding hydrogens is 236 g/mol. The van der Waals surface area contributed by atoms with Crippen LogP contribution in [0.2, 0.25) is 0 Å². The predicted octanol–water partition coefficient (Wildman–Crippen LogP) is 2.25. The molecule has 2 rings (SSSR count). The van der Waals surface area contributed by atoms with Gasteiger partial charge in [0.1, 0.15) is 5.82 Å². The third kappa shape index (κ3) is 3.91. The maximum Gasteiger partial charge on any atom is 0.123 e. The lowest BCUT2D eigenvalue weighted by atomic mass is 9.70. The van der Waals surface area contributed by atoms with Crippen LogP contribution in [0.15, 0.2) is 18.3 Å². The molecule has 1 atom stereocenters. The van der Waals surface area contributed by atoms with Gasteiger partial charge in [0.2, 0.25) is 0 Å². The highest BCUT2D eigenvalue weighted by Gasteiger charge is 2.30. The predicted molar refractivity (Wildman–Crippen MR) is 79.2 cm³/mol. The second-order valence-electron chi connectivity index (χ2n) is 6.57. The second-order valence-corrected chi connectivity index (χ2v) is 6.57. The molecule has 1 heterocycles. The Labute approximate surface area is 115 Å². The van der Waals surface area contributed by atoms with E-state index in [1.807, 2.05) is 12.1 Å². The van der Waals surface area contributed by atoms with Crippen LogP contribution in [0.4, 0.5) is 5.82 Å². The zero-order valence-electron chi connectivity index (χ0n) is 12.0. The van der Waals surface area contributed by atoms with Gasteiger partial charge in [-0.1, -0.05) is 13.8 Å². The Kier molecular flexibility index (Phi) is 4.42. The fourth-order valence-electron chi connectivity index (χ4n) is 3.06. The van der Waals surface area contributed by atoms with Gasteiger partial charge in [-0.05, 0) is 61.1 Å². The summed E-state index contributed by atoms with van der Waals surface area (Å²) in [6.45, 7) is 4.72. The Hall–Kier alpha value is -1.13. The summed E-state index contributed by atoms with van der Waals surface area (Å²) in [5, 5.41) is 0. The second kappa shape index (κ2) is 5.88. The minimum Gasteiger partial charge on any atom is -0.384 e. The number of anilines is 1. The van der Waals surface area contributed by atoms with Crippen molar-refractivity contribution < 1.29 is 0 Å². The van der Waals surface area contributed by atoms with Gasteiger partial charge in [-0.15, -0.1) is 0 Å². The minimum absolute atomic E-state index is 0.331. The molecule has 0 aliphatic heterocycles. The van der Waals surface area contributed by atoms with Crippen LogP contribution >= 0.6 is 0 Å². The van der Waals surface area contributed by atoms with Crippen molar-refractivity contribution in [1.82, 2.24) is 10.4 Å². The van der Waals surface area contributed by atoms with Crippen LogP contribution in [0, 0.1) is 11.3 Å². The molecule has 1 aromatic heterocycles. The zero-order chi connectivity index (χ0) is 13.9. The Morgan fingerprint density at radius 3 is 2.68 bits per heavy atom. The van der Waals surface area contributed by atoms with E-state index in [1.165, 1.54) is 31.2 Å². The van der Waals surface area contributed by atoms with Gasteiger partial charge in [0.15, 0.2) is 0 Å². The number of rotatable bonds is 4. The fourth-order valence-corrected chi connectivity index (χ4v) is 3.06. The standard InChI is InChI=1S/C15H26N4/c1-15(2)6-3-12(4-7-15)13(19-17)9-11-5-8-18-14(16)10-11/h5,8,10,12-13,19H,3-4,6-7,9,17H2,1-2H3,(H2,16,18). The van der Waals surface area contributed by atoms with E-state index in [0.29, 0.717) is 23.2 Å². The van der Waals surface area contributed by atoms with Gasteiger partial charge in [-0.2, -0.15) is 0 Å². The molecule has 1 fully saturated rings. The van der Waals surface area contributed by atoms with Gasteiger partial charge in [0.25, 0.3) is 0 Å². The Morgan fingerprint density at radius 2 is 2.11 bits per heavy atom. The largest absolute Gasteiger partial charge is 0.384 e. The first-order valence-electron chi connectivity index (χ1n) is 7.17. The van der Waals surface area contributed by atoms with Crippen molar-refractivity contribution in [1.29, 1.82) is 0 Å². The number of pyridine rings is 1. The fraction of sp³-hybridized carbons (Fsp3) is 0.667. The van der Waals surface area contributed by atoms with Crippen LogP contribution in [0.1, 0.15) is 45.1 Å². The van der Waals surface area contributed by atoms with Crippen LogP contribution < -0.4 is 17.0 Å². The number of nitrogens with one attached hydrogen (secondary N) is 1. The van der Waals surface area contributed by atoms with E-state index < -0.39 is 0 Å². The molecule has 0 amide bonds. The SMILES string of the molecule is CC1(C)CCC(C(Cc2ccnc(N)c2)NN)CC1. The van der Waals surface area contributed by atoms with Gasteiger partial charge in [0, 0.05) is 12.2 Å². The summed E-state index contributed by atoms with van der Waals surface area (Å²) in [6, 6.07) is 4.29. The molecule has 0 radical (unpaired) electrons. The Bertz CT molecular complexity index is 406. The van der Waals surface area contributed by atoms with Crippen molar-refractivity contribution in [2.24, 2.45) is 17.2 Å². The average molecular weight is 262 g/mol. The van der Waals surface area contributed by atoms with Crippen LogP contribution in [-0.4, -0.2) is 11.0 Å². The van der Waals surface area contributed by atoms with E-state index in [0.717, 1.165) is 6.42 Å². The monoisotopic (exact) mass is 262 g/mol. The number of hydrogen-bond acceptors (Lipinski definition) is 4. The van der Waals surface area contributed by atoms with Crippen LogP contribution in [0.3, 0.4) is 0 Å². The summed E-state index contributed by atoms with van der Waals surface area (Å²) < 4.78 is 0. The number of hydrogen-bond donors (Lipinski definition) is 3. The van der Waals surface area contributed by atoms with Crippen molar-refractivity contribution in [3.05, 3.63) is 23.9 Å². The molecule has 4 nitrogen and oxygen atoms in total. The highest BCUT2D eigenvalue weighted by molar-refractivity contribution is 5.32. The minimum atomic E-state index is 0.331. The summed E-state index contributed by atoms with van der Waals surface area (Å²) in [7, 11) is 0. The summed E-state index contributed by atoms with van der Waals surface area (Å²) in [6.07, 6.45) is 7.77. The van der Waals surface area contributed by atoms with Crippen molar-refractivity contribution in [2.75, 3.05) is 5.73 Å². The molecule has 1 unspecified atom stereocenters. The van der Waals surface area contributed by atoms with Crippen molar-refractivity contribution in [3.8, 4) is 0 Å². The van der Waals surface area contributed by atoms with E-state index in [4.69, 9.17) is 11.6 Å². The number of aromatic nitrogens is 1. The molecule has 5 N–H and O–H groups in total. The first kappa shape index (κ1) is 14.3. The molecule has 0 aromatic carbocycles. The third-order valence-electron chi connectivity index (χ3n) is 4.47. The zero-order valence-corrected chi connectivity index (χ0v) is 12.0. The smallest absolute Gasteiger partial charge is 0.123 e. The number of hydrazine groups is 1. The van der Waals surface area contributed by atoms with Gasteiger partial charge < -0.3 is 5.73 Å². The van der Waals surface area contributed by atoms with Crippen molar-refractivity contribution in [3.63, 3.8) is 0 Å². The normalized spacial score (nSPS) is 21.2. The summed E-state index contributed by atoms with van der Waals surface area (Å²) in [4.78, 5) is 4.03. The number of nitrogen functional groups attached to an aromatic ring is 1. The maximum absolute atomic E-state index is 5.76. The first-order valence-corrected chi connectivity index (χ1v) is 7.17. The number of nitrogens with zero attached hydrogens (tertiary/aromatic N) is 1. The molecule has 19 heavy (non-hydrogen) atoms. The number of nitrogens with two attached hydrogens (primary N) is 2. The topological polar surface area (TPSA) is 77.0 Å². The average Bonchev–Trinajstić information content (AvgIpc) is 2.36. The van der Waals surface area contributed by atoms with Gasteiger partial charge in [0.05, 0.1) is 0 Å². The Balaban J connectivity index is 1.97. The highest BCUT2D eigenvalue weighted by Crippen LogP contribution is 2.39. The molecular formula is C15H26N4. The van der Waals surface area contributed by atoms with Crippen LogP contribution in [-0.2, 0) is 6.42 Å². The first-order chi connectivity index (χ1) is 9.00. The molecule has 0 spiro atoms. The summed E-state index contributed by atoms with van der Waals surface area (Å²) >= 11 is 0. The highest BCUT2D eigenvalue weighted by atomic mass is 15.2. The summed E-state index contributed by atoms with van der Waals surface area (Å²) in [5.74, 6) is 7.00. The van der Waals surface area contributed by atoms with Gasteiger partial charge >= 0.3 is 0 Å². The molecule has 0 bridgehead atoms. The molecule has 1 aliphatic rings. The van der Waals surface area contributed by atoms with Gasteiger partial charge in [-0.3, -0.25) is 11.3 Å². The molecule has 4 heteroatoms. The lowest BCUT2D eigenvalue weighted by molar-refractivity contribution is 0.161. The van der Waals surface area contributed by atoms with E-state index in [2.05, 4.69) is 24.3 Å². The molecule has 0 saturated heterocycles. The van der Waals surface area contributed by atoms with E-state index in [9.17, 15) is 0 Å². The molecule has 1 saturated carbocycles. The molecule has 106 valence electrons. The van der Waals surface area contributed by atoms with E-state index in [1.54, 1.807) is 6.20 Å². The van der Waals surface area contributed by atoms with Crippen molar-refractivity contribution >= 4 is 5.82 Å². The van der Waals surface area contributed by atoms with E-state index >= 15 is 0 Å². The molecule has 1 aliphatic carbocycles.